The van der Waals surface area contributed by atoms with Crippen LogP contribution in [-0.4, -0.2) is 35.7 Å². The number of hydrogen-bond donors (Lipinski definition) is 2. The maximum Gasteiger partial charge on any atom is 0.241 e. The third-order valence-electron chi connectivity index (χ3n) is 2.04. The second-order valence-electron chi connectivity index (χ2n) is 2.88. The van der Waals surface area contributed by atoms with Gasteiger partial charge in [0.2, 0.25) is 17.7 Å². The van der Waals surface area contributed by atoms with Crippen LogP contribution >= 0.6 is 0 Å². The average molecular weight is 184 g/mol. The number of nitrogens with two attached hydrogens (primary N) is 2. The van der Waals surface area contributed by atoms with Crippen molar-refractivity contribution < 1.29 is 14.4 Å². The van der Waals surface area contributed by atoms with Gasteiger partial charge in [0.15, 0.2) is 0 Å². The summed E-state index contributed by atoms with van der Waals surface area (Å²) in [5.74, 6) is -1.73. The Morgan fingerprint density at radius 3 is 2.31 bits per heavy atom. The van der Waals surface area contributed by atoms with Crippen LogP contribution in [0.2, 0.25) is 0 Å². The van der Waals surface area contributed by atoms with Gasteiger partial charge in [0.05, 0.1) is 0 Å². The number of carbonyl (C=O) groups is 3. The van der Waals surface area contributed by atoms with Gasteiger partial charge in [-0.05, 0) is 0 Å². The van der Waals surface area contributed by atoms with Crippen molar-refractivity contribution >= 4 is 17.7 Å². The minimum atomic E-state index is -0.968. The van der Waals surface area contributed by atoms with Gasteiger partial charge in [-0.3, -0.25) is 14.4 Å². The minimum Gasteiger partial charge on any atom is -0.369 e. The molecule has 0 aromatic heterocycles. The van der Waals surface area contributed by atoms with Gasteiger partial charge in [0.25, 0.3) is 0 Å². The van der Waals surface area contributed by atoms with Crippen molar-refractivity contribution in [2.75, 3.05) is 7.05 Å². The van der Waals surface area contributed by atoms with E-state index in [1.165, 1.54) is 7.05 Å². The van der Waals surface area contributed by atoms with E-state index >= 15 is 0 Å². The molecule has 1 aliphatic rings. The van der Waals surface area contributed by atoms with E-state index in [-0.39, 0.29) is 18.2 Å². The van der Waals surface area contributed by atoms with Crippen molar-refractivity contribution in [1.82, 2.24) is 4.90 Å². The van der Waals surface area contributed by atoms with Gasteiger partial charge >= 0.3 is 0 Å². The van der Waals surface area contributed by atoms with Crippen LogP contribution in [0.1, 0.15) is 6.42 Å². The highest BCUT2D eigenvalue weighted by atomic mass is 16.2. The largest absolute Gasteiger partial charge is 0.369 e. The van der Waals surface area contributed by atoms with Gasteiger partial charge in [0, 0.05) is 13.5 Å². The molecule has 13 heavy (non-hydrogen) atoms. The summed E-state index contributed by atoms with van der Waals surface area (Å²) < 4.78 is 0. The van der Waals surface area contributed by atoms with Crippen LogP contribution in [0.5, 0.6) is 0 Å². The lowest BCUT2D eigenvalue weighted by Crippen LogP contribution is -2.45. The fraction of sp³-hybridized carbons (Fsp3) is 0.429. The Kier molecular flexibility index (Phi) is 2.22. The lowest BCUT2D eigenvalue weighted by Gasteiger charge is -2.18. The van der Waals surface area contributed by atoms with Crippen molar-refractivity contribution in [2.45, 2.75) is 12.5 Å². The van der Waals surface area contributed by atoms with Gasteiger partial charge in [-0.2, -0.15) is 0 Å². The van der Waals surface area contributed by atoms with E-state index in [2.05, 4.69) is 0 Å². The van der Waals surface area contributed by atoms with Crippen LogP contribution in [0.3, 0.4) is 0 Å². The first-order valence-electron chi connectivity index (χ1n) is 3.65. The average Bonchev–Trinajstić information content (AvgIpc) is 2.28. The normalized spacial score (nSPS) is 23.6. The van der Waals surface area contributed by atoms with Gasteiger partial charge in [0.1, 0.15) is 12.0 Å². The van der Waals surface area contributed by atoms with Gasteiger partial charge in [-0.15, -0.1) is 0 Å². The minimum absolute atomic E-state index is 0.0694. The molecular formula is C7H10N3O3. The topological polar surface area (TPSA) is 106 Å². The van der Waals surface area contributed by atoms with Crippen molar-refractivity contribution in [3.05, 3.63) is 5.92 Å². The van der Waals surface area contributed by atoms with E-state index < -0.39 is 17.9 Å². The van der Waals surface area contributed by atoms with E-state index in [1.54, 1.807) is 0 Å². The Hall–Kier alpha value is -1.59. The molecule has 1 aliphatic heterocycles. The molecule has 1 unspecified atom stereocenters. The summed E-state index contributed by atoms with van der Waals surface area (Å²) in [5, 5.41) is 0. The third-order valence-corrected chi connectivity index (χ3v) is 2.04. The van der Waals surface area contributed by atoms with Crippen LogP contribution in [-0.2, 0) is 14.4 Å². The molecular weight excluding hydrogens is 174 g/mol. The number of carbonyl (C=O) groups excluding carboxylic acids is 3. The molecule has 1 radical (unpaired) electrons. The first-order valence-corrected chi connectivity index (χ1v) is 3.65. The smallest absolute Gasteiger partial charge is 0.241 e. The zero-order valence-corrected chi connectivity index (χ0v) is 7.11. The predicted molar refractivity (Wildman–Crippen MR) is 42.8 cm³/mol. The lowest BCUT2D eigenvalue weighted by molar-refractivity contribution is -0.132. The summed E-state index contributed by atoms with van der Waals surface area (Å²) in [6.07, 6.45) is -0.112. The zero-order chi connectivity index (χ0) is 10.2. The molecule has 0 bridgehead atoms. The van der Waals surface area contributed by atoms with Crippen molar-refractivity contribution in [3.8, 4) is 0 Å². The molecule has 1 rings (SSSR count). The Labute approximate surface area is 74.8 Å². The van der Waals surface area contributed by atoms with Gasteiger partial charge in [-0.25, -0.2) is 0 Å². The molecule has 4 N–H and O–H groups in total. The summed E-state index contributed by atoms with van der Waals surface area (Å²) in [6.45, 7) is 0. The van der Waals surface area contributed by atoms with Crippen LogP contribution in [0.4, 0.5) is 0 Å². The van der Waals surface area contributed by atoms with Gasteiger partial charge < -0.3 is 16.4 Å². The first kappa shape index (κ1) is 9.50. The molecule has 1 fully saturated rings. The molecule has 0 spiro atoms. The van der Waals surface area contributed by atoms with E-state index in [0.29, 0.717) is 0 Å². The van der Waals surface area contributed by atoms with Crippen LogP contribution in [0.15, 0.2) is 0 Å². The first-order chi connectivity index (χ1) is 5.95. The molecule has 0 aromatic carbocycles. The Morgan fingerprint density at radius 2 is 2.00 bits per heavy atom. The summed E-state index contributed by atoms with van der Waals surface area (Å²) in [7, 11) is 1.41. The van der Waals surface area contributed by atoms with E-state index in [9.17, 15) is 14.4 Å². The monoisotopic (exact) mass is 184 g/mol. The second-order valence-corrected chi connectivity index (χ2v) is 2.88. The number of likely N-dealkylation sites (tertiary alicyclic amines) is 1. The predicted octanol–water partition coefficient (Wildman–Crippen LogP) is -2.24. The van der Waals surface area contributed by atoms with Crippen LogP contribution in [0, 0.1) is 5.92 Å². The molecule has 1 heterocycles. The maximum absolute atomic E-state index is 11.1. The van der Waals surface area contributed by atoms with Crippen molar-refractivity contribution in [3.63, 3.8) is 0 Å². The Bertz CT molecular complexity index is 276. The van der Waals surface area contributed by atoms with Crippen molar-refractivity contribution in [2.24, 2.45) is 11.5 Å². The number of amides is 3. The van der Waals surface area contributed by atoms with E-state index in [0.717, 1.165) is 4.90 Å². The molecule has 0 aliphatic carbocycles. The van der Waals surface area contributed by atoms with E-state index in [4.69, 9.17) is 11.5 Å². The quantitative estimate of drug-likeness (QED) is 0.506. The highest BCUT2D eigenvalue weighted by Gasteiger charge is 2.44. The van der Waals surface area contributed by atoms with Crippen LogP contribution < -0.4 is 11.5 Å². The molecule has 0 aromatic rings. The molecule has 71 valence electrons. The summed E-state index contributed by atoms with van der Waals surface area (Å²) in [4.78, 5) is 33.9. The fourth-order valence-electron chi connectivity index (χ4n) is 1.35. The molecule has 6 nitrogen and oxygen atoms in total. The number of primary amides is 2. The lowest BCUT2D eigenvalue weighted by atomic mass is 9.99. The molecule has 1 atom stereocenters. The number of likely N-dealkylation sites (N-methyl/N-ethyl adjacent to an activating group) is 1. The van der Waals surface area contributed by atoms with E-state index in [1.807, 2.05) is 0 Å². The number of hydrogen-bond acceptors (Lipinski definition) is 3. The molecule has 0 saturated carbocycles. The highest BCUT2D eigenvalue weighted by Crippen LogP contribution is 2.25. The zero-order valence-electron chi connectivity index (χ0n) is 7.11. The molecule has 3 amide bonds. The van der Waals surface area contributed by atoms with Crippen LogP contribution in [0.25, 0.3) is 0 Å². The fourth-order valence-corrected chi connectivity index (χ4v) is 1.35. The summed E-state index contributed by atoms with van der Waals surface area (Å²) >= 11 is 0. The summed E-state index contributed by atoms with van der Waals surface area (Å²) in [6, 6.07) is -0.968. The maximum atomic E-state index is 11.1. The third kappa shape index (κ3) is 1.47. The molecule has 6 heteroatoms. The Balaban J connectivity index is 2.93. The standard InChI is InChI=1S/C7H10N3O3/c1-10-4(11)2-3(6(8)12)5(10)7(9)13/h5H,2H2,1H3,(H2,8,12)(H2,9,13). The molecule has 1 saturated heterocycles. The Morgan fingerprint density at radius 1 is 1.46 bits per heavy atom. The number of rotatable bonds is 2. The van der Waals surface area contributed by atoms with Gasteiger partial charge in [-0.1, -0.05) is 0 Å². The SMILES string of the molecule is CN1C(=O)C[C](C(N)=O)C1C(N)=O. The highest BCUT2D eigenvalue weighted by molar-refractivity contribution is 6.06. The second kappa shape index (κ2) is 3.04. The number of nitrogens with zero attached hydrogens (tertiary/aromatic N) is 1. The van der Waals surface area contributed by atoms with Crippen molar-refractivity contribution in [1.29, 1.82) is 0 Å². The summed E-state index contributed by atoms with van der Waals surface area (Å²) in [5.41, 5.74) is 10.0.